The second kappa shape index (κ2) is 6.65. The fourth-order valence-electron chi connectivity index (χ4n) is 2.99. The van der Waals surface area contributed by atoms with Gasteiger partial charge in [-0.3, -0.25) is 9.69 Å². The molecular formula is C21H17NO2S. The van der Waals surface area contributed by atoms with E-state index in [0.29, 0.717) is 0 Å². The van der Waals surface area contributed by atoms with Gasteiger partial charge in [0.15, 0.2) is 0 Å². The Morgan fingerprint density at radius 3 is 2.28 bits per heavy atom. The molecule has 0 aliphatic carbocycles. The van der Waals surface area contributed by atoms with Gasteiger partial charge in [0.1, 0.15) is 11.1 Å². The first kappa shape index (κ1) is 15.8. The summed E-state index contributed by atoms with van der Waals surface area (Å²) in [6, 6.07) is 25.6. The van der Waals surface area contributed by atoms with Gasteiger partial charge in [-0.2, -0.15) is 0 Å². The number of fused-ring (bicyclic) bond motifs is 1. The second-order valence-corrected chi connectivity index (χ2v) is 6.87. The summed E-state index contributed by atoms with van der Waals surface area (Å²) >= 11 is 1.70. The number of hydrogen-bond donors (Lipinski definition) is 0. The van der Waals surface area contributed by atoms with Gasteiger partial charge in [0.05, 0.1) is 12.7 Å². The molecule has 1 atom stereocenters. The minimum atomic E-state index is -0.100. The molecule has 0 saturated carbocycles. The highest BCUT2D eigenvalue weighted by Crippen LogP contribution is 2.46. The van der Waals surface area contributed by atoms with Crippen molar-refractivity contribution in [3.63, 3.8) is 0 Å². The number of thioether (sulfide) groups is 1. The van der Waals surface area contributed by atoms with Gasteiger partial charge in [0.25, 0.3) is 5.91 Å². The Balaban J connectivity index is 1.83. The Labute approximate surface area is 151 Å². The van der Waals surface area contributed by atoms with Gasteiger partial charge in [-0.25, -0.2) is 0 Å². The molecule has 1 aliphatic heterocycles. The highest BCUT2D eigenvalue weighted by molar-refractivity contribution is 7.99. The molecule has 1 heterocycles. The van der Waals surface area contributed by atoms with Crippen LogP contribution in [0.4, 0.5) is 5.69 Å². The van der Waals surface area contributed by atoms with E-state index >= 15 is 0 Å². The Hall–Kier alpha value is -2.72. The number of methoxy groups -OCH3 is 1. The predicted octanol–water partition coefficient (Wildman–Crippen LogP) is 5.15. The lowest BCUT2D eigenvalue weighted by Crippen LogP contribution is -2.36. The molecule has 25 heavy (non-hydrogen) atoms. The lowest BCUT2D eigenvalue weighted by molar-refractivity contribution is 0.0979. The molecule has 3 aromatic carbocycles. The van der Waals surface area contributed by atoms with Crippen molar-refractivity contribution in [2.45, 2.75) is 10.3 Å². The fraction of sp³-hybridized carbons (Fsp3) is 0.0952. The van der Waals surface area contributed by atoms with E-state index in [1.165, 1.54) is 0 Å². The SMILES string of the molecule is COc1ccc(N2C(=O)c3ccccc3SC2c2ccccc2)cc1. The Morgan fingerprint density at radius 1 is 0.880 bits per heavy atom. The van der Waals surface area contributed by atoms with Crippen LogP contribution in [0.2, 0.25) is 0 Å². The first-order chi connectivity index (χ1) is 12.3. The molecule has 4 heteroatoms. The minimum Gasteiger partial charge on any atom is -0.497 e. The number of nitrogens with zero attached hydrogens (tertiary/aromatic N) is 1. The number of carbonyl (C=O) groups excluding carboxylic acids is 1. The molecule has 0 radical (unpaired) electrons. The summed E-state index contributed by atoms with van der Waals surface area (Å²) < 4.78 is 5.24. The van der Waals surface area contributed by atoms with E-state index in [-0.39, 0.29) is 11.3 Å². The highest BCUT2D eigenvalue weighted by atomic mass is 32.2. The van der Waals surface area contributed by atoms with Crippen molar-refractivity contribution in [1.29, 1.82) is 0 Å². The van der Waals surface area contributed by atoms with E-state index in [4.69, 9.17) is 4.74 Å². The summed E-state index contributed by atoms with van der Waals surface area (Å²) in [6.45, 7) is 0. The number of benzene rings is 3. The van der Waals surface area contributed by atoms with Crippen molar-refractivity contribution in [2.75, 3.05) is 12.0 Å². The smallest absolute Gasteiger partial charge is 0.260 e. The topological polar surface area (TPSA) is 29.5 Å². The van der Waals surface area contributed by atoms with Crippen LogP contribution in [0.1, 0.15) is 21.3 Å². The molecule has 0 fully saturated rings. The van der Waals surface area contributed by atoms with Crippen molar-refractivity contribution in [3.8, 4) is 5.75 Å². The van der Waals surface area contributed by atoms with E-state index in [1.807, 2.05) is 71.6 Å². The number of ether oxygens (including phenoxy) is 1. The fourth-order valence-corrected chi connectivity index (χ4v) is 4.28. The third-order valence-electron chi connectivity index (χ3n) is 4.24. The van der Waals surface area contributed by atoms with Crippen LogP contribution in [0, 0.1) is 0 Å². The van der Waals surface area contributed by atoms with Gasteiger partial charge >= 0.3 is 0 Å². The first-order valence-corrected chi connectivity index (χ1v) is 8.94. The zero-order valence-electron chi connectivity index (χ0n) is 13.8. The standard InChI is InChI=1S/C21H17NO2S/c1-24-17-13-11-16(12-14-17)22-20(23)18-9-5-6-10-19(18)25-21(22)15-7-3-2-4-8-15/h2-14,21H,1H3. The maximum atomic E-state index is 13.2. The van der Waals surface area contributed by atoms with Crippen LogP contribution >= 0.6 is 11.8 Å². The third kappa shape index (κ3) is 2.89. The number of rotatable bonds is 3. The van der Waals surface area contributed by atoms with Crippen LogP contribution in [0.25, 0.3) is 0 Å². The molecule has 0 N–H and O–H groups in total. The Kier molecular flexibility index (Phi) is 4.20. The number of hydrogen-bond acceptors (Lipinski definition) is 3. The van der Waals surface area contributed by atoms with Crippen LogP contribution in [-0.2, 0) is 0 Å². The van der Waals surface area contributed by atoms with Gasteiger partial charge < -0.3 is 4.74 Å². The van der Waals surface area contributed by atoms with E-state index < -0.39 is 0 Å². The second-order valence-electron chi connectivity index (χ2n) is 5.75. The number of amides is 1. The maximum Gasteiger partial charge on any atom is 0.260 e. The highest BCUT2D eigenvalue weighted by Gasteiger charge is 2.34. The molecule has 1 aliphatic rings. The molecule has 1 amide bonds. The summed E-state index contributed by atoms with van der Waals surface area (Å²) in [4.78, 5) is 16.1. The summed E-state index contributed by atoms with van der Waals surface area (Å²) in [5.41, 5.74) is 2.71. The van der Waals surface area contributed by atoms with Crippen molar-refractivity contribution in [1.82, 2.24) is 0 Å². The molecule has 0 bridgehead atoms. The Bertz CT molecular complexity index is 893. The van der Waals surface area contributed by atoms with E-state index in [2.05, 4.69) is 12.1 Å². The zero-order chi connectivity index (χ0) is 17.2. The van der Waals surface area contributed by atoms with Crippen molar-refractivity contribution in [3.05, 3.63) is 90.0 Å². The largest absolute Gasteiger partial charge is 0.497 e. The maximum absolute atomic E-state index is 13.2. The van der Waals surface area contributed by atoms with Crippen molar-refractivity contribution in [2.24, 2.45) is 0 Å². The van der Waals surface area contributed by atoms with Crippen molar-refractivity contribution >= 4 is 23.4 Å². The molecule has 0 saturated heterocycles. The summed E-state index contributed by atoms with van der Waals surface area (Å²) in [7, 11) is 1.64. The summed E-state index contributed by atoms with van der Waals surface area (Å²) in [6.07, 6.45) is 0. The summed E-state index contributed by atoms with van der Waals surface area (Å²) in [5.74, 6) is 0.797. The van der Waals surface area contributed by atoms with Gasteiger partial charge in [-0.15, -0.1) is 0 Å². The van der Waals surface area contributed by atoms with Crippen LogP contribution in [0.3, 0.4) is 0 Å². The third-order valence-corrected chi connectivity index (χ3v) is 5.56. The zero-order valence-corrected chi connectivity index (χ0v) is 14.6. The quantitative estimate of drug-likeness (QED) is 0.656. The van der Waals surface area contributed by atoms with Crippen LogP contribution in [0.5, 0.6) is 5.75 Å². The normalized spacial score (nSPS) is 16.4. The monoisotopic (exact) mass is 347 g/mol. The number of anilines is 1. The van der Waals surface area contributed by atoms with E-state index in [1.54, 1.807) is 18.9 Å². The van der Waals surface area contributed by atoms with Gasteiger partial charge in [-0.05, 0) is 42.0 Å². The molecule has 0 aromatic heterocycles. The summed E-state index contributed by atoms with van der Waals surface area (Å²) in [5, 5.41) is -0.100. The first-order valence-electron chi connectivity index (χ1n) is 8.06. The molecule has 0 spiro atoms. The molecule has 3 aromatic rings. The predicted molar refractivity (Wildman–Crippen MR) is 101 cm³/mol. The van der Waals surface area contributed by atoms with Crippen LogP contribution in [-0.4, -0.2) is 13.0 Å². The lowest BCUT2D eigenvalue weighted by Gasteiger charge is -2.36. The van der Waals surface area contributed by atoms with E-state index in [0.717, 1.165) is 27.5 Å². The van der Waals surface area contributed by atoms with Gasteiger partial charge in [0, 0.05) is 10.6 Å². The lowest BCUT2D eigenvalue weighted by atomic mass is 10.1. The molecule has 1 unspecified atom stereocenters. The van der Waals surface area contributed by atoms with E-state index in [9.17, 15) is 4.79 Å². The van der Waals surface area contributed by atoms with Crippen LogP contribution in [0.15, 0.2) is 83.8 Å². The van der Waals surface area contributed by atoms with Gasteiger partial charge in [0.2, 0.25) is 0 Å². The van der Waals surface area contributed by atoms with Crippen molar-refractivity contribution < 1.29 is 9.53 Å². The minimum absolute atomic E-state index is 0.0216. The number of carbonyl (C=O) groups is 1. The average molecular weight is 347 g/mol. The average Bonchev–Trinajstić information content (AvgIpc) is 2.69. The molecule has 124 valence electrons. The Morgan fingerprint density at radius 2 is 1.56 bits per heavy atom. The molecule has 3 nitrogen and oxygen atoms in total. The van der Waals surface area contributed by atoms with Crippen LogP contribution < -0.4 is 9.64 Å². The van der Waals surface area contributed by atoms with Gasteiger partial charge in [-0.1, -0.05) is 54.2 Å². The molecular weight excluding hydrogens is 330 g/mol. The molecule has 4 rings (SSSR count).